The Hall–Kier alpha value is -2.08. The molecular weight excluding hydrogens is 240 g/mol. The van der Waals surface area contributed by atoms with Crippen LogP contribution in [0.2, 0.25) is 0 Å². The number of hydrogen-bond donors (Lipinski definition) is 0. The maximum atomic E-state index is 2.34. The quantitative estimate of drug-likeness (QED) is 0.690. The molecule has 0 N–H and O–H groups in total. The number of aryl methyl sites for hydroxylation is 1. The van der Waals surface area contributed by atoms with Crippen LogP contribution in [0.4, 0.5) is 0 Å². The fourth-order valence-electron chi connectivity index (χ4n) is 3.12. The Bertz CT molecular complexity index is 684. The van der Waals surface area contributed by atoms with Gasteiger partial charge in [-0.1, -0.05) is 72.3 Å². The summed E-state index contributed by atoms with van der Waals surface area (Å²) >= 11 is 0. The second-order valence-electron chi connectivity index (χ2n) is 5.96. The molecule has 1 fully saturated rings. The van der Waals surface area contributed by atoms with E-state index < -0.39 is 0 Å². The highest BCUT2D eigenvalue weighted by atomic mass is 14.4. The van der Waals surface area contributed by atoms with Gasteiger partial charge in [-0.2, -0.15) is 0 Å². The van der Waals surface area contributed by atoms with Gasteiger partial charge < -0.3 is 0 Å². The molecule has 0 radical (unpaired) electrons. The summed E-state index contributed by atoms with van der Waals surface area (Å²) in [5.41, 5.74) is 6.81. The molecule has 20 heavy (non-hydrogen) atoms. The minimum absolute atomic E-state index is 0.783. The van der Waals surface area contributed by atoms with Crippen LogP contribution in [0.5, 0.6) is 0 Å². The van der Waals surface area contributed by atoms with Gasteiger partial charge in [-0.25, -0.2) is 0 Å². The van der Waals surface area contributed by atoms with Gasteiger partial charge in [-0.15, -0.1) is 0 Å². The highest BCUT2D eigenvalue weighted by Gasteiger charge is 2.39. The van der Waals surface area contributed by atoms with Crippen LogP contribution in [0.1, 0.15) is 17.5 Å². The topological polar surface area (TPSA) is 0 Å². The lowest BCUT2D eigenvalue weighted by atomic mass is 9.95. The van der Waals surface area contributed by atoms with Crippen molar-refractivity contribution >= 4 is 5.57 Å². The fraction of sp³-hybridized carbons (Fsp3) is 0.200. The van der Waals surface area contributed by atoms with Gasteiger partial charge in [-0.3, -0.25) is 0 Å². The van der Waals surface area contributed by atoms with Crippen LogP contribution in [0.3, 0.4) is 0 Å². The van der Waals surface area contributed by atoms with Crippen molar-refractivity contribution in [3.8, 4) is 11.1 Å². The lowest BCUT2D eigenvalue weighted by Gasteiger charge is -2.10. The third-order valence-electron chi connectivity index (χ3n) is 4.48. The predicted octanol–water partition coefficient (Wildman–Crippen LogP) is 5.25. The minimum Gasteiger partial charge on any atom is -0.0808 e. The minimum atomic E-state index is 0.783. The Morgan fingerprint density at radius 2 is 1.40 bits per heavy atom. The zero-order chi connectivity index (χ0) is 13.5. The molecule has 2 unspecified atom stereocenters. The van der Waals surface area contributed by atoms with Crippen molar-refractivity contribution in [2.75, 3.05) is 0 Å². The van der Waals surface area contributed by atoms with Gasteiger partial charge in [0.2, 0.25) is 0 Å². The Morgan fingerprint density at radius 3 is 2.10 bits per heavy atom. The van der Waals surface area contributed by atoms with Crippen LogP contribution in [0.25, 0.3) is 16.7 Å². The molecule has 0 amide bonds. The zero-order valence-corrected chi connectivity index (χ0v) is 11.7. The van der Waals surface area contributed by atoms with Crippen LogP contribution < -0.4 is 0 Å². The van der Waals surface area contributed by atoms with E-state index in [1.54, 1.807) is 0 Å². The Labute approximate surface area is 120 Å². The van der Waals surface area contributed by atoms with Crippen molar-refractivity contribution in [1.29, 1.82) is 0 Å². The Morgan fingerprint density at radius 1 is 0.800 bits per heavy atom. The number of fused-ring (bicyclic) bond motifs is 1. The summed E-state index contributed by atoms with van der Waals surface area (Å²) in [7, 11) is 0. The molecule has 2 atom stereocenters. The van der Waals surface area contributed by atoms with Crippen LogP contribution >= 0.6 is 0 Å². The van der Waals surface area contributed by atoms with E-state index >= 15 is 0 Å². The molecule has 0 aromatic heterocycles. The Kier molecular flexibility index (Phi) is 2.63. The van der Waals surface area contributed by atoms with Crippen LogP contribution in [0, 0.1) is 18.8 Å². The standard InChI is InChI=1S/C20H18/c1-14-5-7-15(8-6-14)16-9-11-17(12-10-16)19-4-2-3-18-13-20(18)19/h2-12,18,20H,13H2,1H3. The summed E-state index contributed by atoms with van der Waals surface area (Å²) in [6, 6.07) is 17.8. The van der Waals surface area contributed by atoms with E-state index in [9.17, 15) is 0 Å². The summed E-state index contributed by atoms with van der Waals surface area (Å²) in [4.78, 5) is 0. The summed E-state index contributed by atoms with van der Waals surface area (Å²) in [5.74, 6) is 1.59. The monoisotopic (exact) mass is 258 g/mol. The molecule has 0 aliphatic heterocycles. The molecule has 0 spiro atoms. The first kappa shape index (κ1) is 11.7. The smallest absolute Gasteiger partial charge is 0.00869 e. The fourth-order valence-corrected chi connectivity index (χ4v) is 3.12. The van der Waals surface area contributed by atoms with Crippen molar-refractivity contribution in [3.63, 3.8) is 0 Å². The molecule has 0 saturated heterocycles. The van der Waals surface area contributed by atoms with Gasteiger partial charge in [0.25, 0.3) is 0 Å². The molecule has 1 saturated carbocycles. The number of allylic oxidation sites excluding steroid dienone is 4. The van der Waals surface area contributed by atoms with E-state index in [1.165, 1.54) is 34.2 Å². The van der Waals surface area contributed by atoms with Gasteiger partial charge in [0.15, 0.2) is 0 Å². The third-order valence-corrected chi connectivity index (χ3v) is 4.48. The van der Waals surface area contributed by atoms with Crippen molar-refractivity contribution in [1.82, 2.24) is 0 Å². The average Bonchev–Trinajstić information content (AvgIpc) is 3.28. The van der Waals surface area contributed by atoms with E-state index in [0.717, 1.165) is 11.8 Å². The number of benzene rings is 2. The van der Waals surface area contributed by atoms with E-state index in [0.29, 0.717) is 0 Å². The molecule has 4 rings (SSSR count). The number of hydrogen-bond acceptors (Lipinski definition) is 0. The van der Waals surface area contributed by atoms with Crippen molar-refractivity contribution in [2.24, 2.45) is 11.8 Å². The summed E-state index contributed by atoms with van der Waals surface area (Å²) in [6.07, 6.45) is 8.18. The van der Waals surface area contributed by atoms with Crippen molar-refractivity contribution < 1.29 is 0 Å². The Balaban J connectivity index is 1.64. The second kappa shape index (κ2) is 4.49. The molecular formula is C20H18. The van der Waals surface area contributed by atoms with Crippen molar-refractivity contribution in [2.45, 2.75) is 13.3 Å². The average molecular weight is 258 g/mol. The summed E-state index contributed by atoms with van der Waals surface area (Å²) < 4.78 is 0. The third kappa shape index (κ3) is 2.02. The van der Waals surface area contributed by atoms with E-state index in [-0.39, 0.29) is 0 Å². The number of rotatable bonds is 2. The van der Waals surface area contributed by atoms with Gasteiger partial charge >= 0.3 is 0 Å². The molecule has 0 heteroatoms. The maximum Gasteiger partial charge on any atom is -0.00869 e. The van der Waals surface area contributed by atoms with E-state index in [1.807, 2.05) is 0 Å². The van der Waals surface area contributed by atoms with E-state index in [2.05, 4.69) is 73.7 Å². The van der Waals surface area contributed by atoms with Crippen LogP contribution in [-0.4, -0.2) is 0 Å². The second-order valence-corrected chi connectivity index (χ2v) is 5.96. The zero-order valence-electron chi connectivity index (χ0n) is 11.7. The molecule has 2 aromatic rings. The first-order valence-electron chi connectivity index (χ1n) is 7.37. The largest absolute Gasteiger partial charge is 0.0808 e. The molecule has 2 aliphatic carbocycles. The maximum absolute atomic E-state index is 2.34. The molecule has 0 heterocycles. The first-order valence-corrected chi connectivity index (χ1v) is 7.37. The van der Waals surface area contributed by atoms with Crippen LogP contribution in [-0.2, 0) is 0 Å². The lowest BCUT2D eigenvalue weighted by Crippen LogP contribution is -1.92. The van der Waals surface area contributed by atoms with Gasteiger partial charge in [0.05, 0.1) is 0 Å². The molecule has 2 aromatic carbocycles. The highest BCUT2D eigenvalue weighted by molar-refractivity contribution is 5.75. The summed E-state index contributed by atoms with van der Waals surface area (Å²) in [6.45, 7) is 2.13. The van der Waals surface area contributed by atoms with Gasteiger partial charge in [0.1, 0.15) is 0 Å². The van der Waals surface area contributed by atoms with E-state index in [4.69, 9.17) is 0 Å². The molecule has 98 valence electrons. The van der Waals surface area contributed by atoms with Crippen LogP contribution in [0.15, 0.2) is 66.8 Å². The molecule has 0 bridgehead atoms. The lowest BCUT2D eigenvalue weighted by molar-refractivity contribution is 0.999. The first-order chi connectivity index (χ1) is 9.81. The van der Waals surface area contributed by atoms with Crippen molar-refractivity contribution in [3.05, 3.63) is 77.9 Å². The molecule has 0 nitrogen and oxygen atoms in total. The highest BCUT2D eigenvalue weighted by Crippen LogP contribution is 2.51. The normalized spacial score (nSPS) is 23.1. The SMILES string of the molecule is Cc1ccc(-c2ccc(C3=CC=CC4CC34)cc2)cc1. The molecule has 2 aliphatic rings. The predicted molar refractivity (Wildman–Crippen MR) is 85.3 cm³/mol. The van der Waals surface area contributed by atoms with Gasteiger partial charge in [0, 0.05) is 0 Å². The summed E-state index contributed by atoms with van der Waals surface area (Å²) in [5, 5.41) is 0. The van der Waals surface area contributed by atoms with Gasteiger partial charge in [-0.05, 0) is 47.4 Å².